The molecule has 1 heterocycles. The second-order valence-electron chi connectivity index (χ2n) is 10.9. The number of hydrogen-bond acceptors (Lipinski definition) is 1. The fourth-order valence-corrected chi connectivity index (χ4v) is 7.42. The molecule has 0 radical (unpaired) electrons. The van der Waals surface area contributed by atoms with Crippen LogP contribution in [0.15, 0.2) is 0 Å². The van der Waals surface area contributed by atoms with E-state index in [1.54, 1.807) is 16.7 Å². The first-order valence-electron chi connectivity index (χ1n) is 11.1. The standard InChI is InChI=1S/C28H39N/c1-14-15(2)19(6)23-22(18(14)5)26(9,10)27(11)24-20(7)16(3)17(4)21(8)25(24)29(13)28(23,27)12/h1-13H3. The minimum atomic E-state index is -0.0583. The molecule has 2 aromatic carbocycles. The summed E-state index contributed by atoms with van der Waals surface area (Å²) >= 11 is 0. The number of fused-ring (bicyclic) bond motifs is 5. The zero-order chi connectivity index (χ0) is 22.0. The van der Waals surface area contributed by atoms with Crippen LogP contribution < -0.4 is 4.90 Å². The third kappa shape index (κ3) is 1.81. The van der Waals surface area contributed by atoms with Crippen LogP contribution >= 0.6 is 0 Å². The van der Waals surface area contributed by atoms with Crippen molar-refractivity contribution in [2.75, 3.05) is 11.9 Å². The van der Waals surface area contributed by atoms with Gasteiger partial charge in [-0.1, -0.05) is 20.8 Å². The van der Waals surface area contributed by atoms with Gasteiger partial charge >= 0.3 is 0 Å². The highest BCUT2D eigenvalue weighted by atomic mass is 15.2. The summed E-state index contributed by atoms with van der Waals surface area (Å²) in [5.41, 5.74) is 18.0. The number of rotatable bonds is 0. The van der Waals surface area contributed by atoms with Crippen molar-refractivity contribution in [2.24, 2.45) is 0 Å². The smallest absolute Gasteiger partial charge is 0.0731 e. The second-order valence-corrected chi connectivity index (χ2v) is 10.9. The van der Waals surface area contributed by atoms with Crippen LogP contribution in [0.4, 0.5) is 5.69 Å². The van der Waals surface area contributed by atoms with E-state index < -0.39 is 0 Å². The summed E-state index contributed by atoms with van der Waals surface area (Å²) in [4.78, 5) is 2.64. The van der Waals surface area contributed by atoms with Crippen molar-refractivity contribution >= 4 is 5.69 Å². The molecule has 2 unspecified atom stereocenters. The van der Waals surface area contributed by atoms with Crippen LogP contribution in [0.2, 0.25) is 0 Å². The Hall–Kier alpha value is -1.76. The Labute approximate surface area is 178 Å². The minimum Gasteiger partial charge on any atom is -0.364 e. The molecule has 4 rings (SSSR count). The molecular formula is C28H39N. The van der Waals surface area contributed by atoms with Gasteiger partial charge in [0, 0.05) is 23.6 Å². The summed E-state index contributed by atoms with van der Waals surface area (Å²) in [5.74, 6) is 0. The van der Waals surface area contributed by atoms with Gasteiger partial charge in [0.2, 0.25) is 0 Å². The summed E-state index contributed by atoms with van der Waals surface area (Å²) in [5, 5.41) is 0. The Morgan fingerprint density at radius 2 is 0.862 bits per heavy atom. The molecule has 0 N–H and O–H groups in total. The molecular weight excluding hydrogens is 350 g/mol. The van der Waals surface area contributed by atoms with Crippen molar-refractivity contribution in [3.8, 4) is 0 Å². The van der Waals surface area contributed by atoms with Crippen LogP contribution in [-0.2, 0) is 16.4 Å². The van der Waals surface area contributed by atoms with E-state index >= 15 is 0 Å². The topological polar surface area (TPSA) is 3.24 Å². The first kappa shape index (κ1) is 20.5. The zero-order valence-corrected chi connectivity index (χ0v) is 20.9. The lowest BCUT2D eigenvalue weighted by atomic mass is 9.57. The van der Waals surface area contributed by atoms with Crippen molar-refractivity contribution in [3.63, 3.8) is 0 Å². The lowest BCUT2D eigenvalue weighted by Gasteiger charge is -2.47. The van der Waals surface area contributed by atoms with E-state index in [2.05, 4.69) is 95.0 Å². The van der Waals surface area contributed by atoms with E-state index in [1.807, 2.05) is 0 Å². The van der Waals surface area contributed by atoms with Crippen LogP contribution in [0.3, 0.4) is 0 Å². The monoisotopic (exact) mass is 389 g/mol. The average molecular weight is 390 g/mol. The molecule has 2 aromatic rings. The molecule has 0 saturated carbocycles. The Balaban J connectivity index is 2.27. The third-order valence-corrected chi connectivity index (χ3v) is 10.2. The van der Waals surface area contributed by atoms with Gasteiger partial charge in [-0.25, -0.2) is 0 Å². The molecule has 1 nitrogen and oxygen atoms in total. The van der Waals surface area contributed by atoms with Gasteiger partial charge in [-0.15, -0.1) is 0 Å². The zero-order valence-electron chi connectivity index (χ0n) is 20.9. The number of nitrogens with zero attached hydrogens (tertiary/aromatic N) is 1. The fourth-order valence-electron chi connectivity index (χ4n) is 7.42. The quantitative estimate of drug-likeness (QED) is 0.466. The highest BCUT2D eigenvalue weighted by Gasteiger charge is 2.70. The molecule has 1 aliphatic carbocycles. The largest absolute Gasteiger partial charge is 0.364 e. The molecule has 2 aliphatic rings. The highest BCUT2D eigenvalue weighted by Crippen LogP contribution is 2.71. The summed E-state index contributed by atoms with van der Waals surface area (Å²) in [6.45, 7) is 28.7. The SMILES string of the molecule is Cc1c(C)c(C)c2c(c1C)N(C)C1(C)c3c(C)c(C)c(C)c(C)c3C(C)(C)C21C. The Kier molecular flexibility index (Phi) is 3.87. The minimum absolute atomic E-state index is 0.00940. The Bertz CT molecular complexity index is 1100. The molecule has 0 fully saturated rings. The lowest BCUT2D eigenvalue weighted by Crippen LogP contribution is -2.53. The van der Waals surface area contributed by atoms with Crippen LogP contribution in [0, 0.1) is 55.4 Å². The summed E-state index contributed by atoms with van der Waals surface area (Å²) in [7, 11) is 2.35. The van der Waals surface area contributed by atoms with Gasteiger partial charge in [-0.2, -0.15) is 0 Å². The van der Waals surface area contributed by atoms with Crippen LogP contribution in [0.1, 0.15) is 88.9 Å². The molecule has 29 heavy (non-hydrogen) atoms. The van der Waals surface area contributed by atoms with E-state index in [4.69, 9.17) is 0 Å². The molecule has 156 valence electrons. The number of hydrogen-bond donors (Lipinski definition) is 0. The van der Waals surface area contributed by atoms with Crippen molar-refractivity contribution in [2.45, 2.75) is 99.5 Å². The second kappa shape index (κ2) is 5.48. The highest BCUT2D eigenvalue weighted by molar-refractivity contribution is 5.81. The van der Waals surface area contributed by atoms with Gasteiger partial charge in [0.05, 0.1) is 5.54 Å². The van der Waals surface area contributed by atoms with Gasteiger partial charge < -0.3 is 4.90 Å². The maximum atomic E-state index is 2.64. The molecule has 0 bridgehead atoms. The van der Waals surface area contributed by atoms with Crippen molar-refractivity contribution < 1.29 is 0 Å². The van der Waals surface area contributed by atoms with E-state index in [0.717, 1.165) is 0 Å². The van der Waals surface area contributed by atoms with Gasteiger partial charge in [0.25, 0.3) is 0 Å². The van der Waals surface area contributed by atoms with E-state index in [9.17, 15) is 0 Å². The summed E-state index contributed by atoms with van der Waals surface area (Å²) < 4.78 is 0. The first-order valence-corrected chi connectivity index (χ1v) is 11.1. The average Bonchev–Trinajstić information content (AvgIpc) is 2.93. The number of likely N-dealkylation sites (N-methyl/N-ethyl adjacent to an activating group) is 1. The summed E-state index contributed by atoms with van der Waals surface area (Å²) in [6.07, 6.45) is 0. The number of anilines is 1. The predicted octanol–water partition coefficient (Wildman–Crippen LogP) is 7.07. The predicted molar refractivity (Wildman–Crippen MR) is 127 cm³/mol. The molecule has 1 heteroatoms. The van der Waals surface area contributed by atoms with Crippen LogP contribution in [0.5, 0.6) is 0 Å². The molecule has 2 atom stereocenters. The molecule has 0 saturated heterocycles. The first-order chi connectivity index (χ1) is 13.2. The normalized spacial score (nSPS) is 26.6. The fraction of sp³-hybridized carbons (Fsp3) is 0.571. The Morgan fingerprint density at radius 1 is 0.483 bits per heavy atom. The molecule has 0 aromatic heterocycles. The Morgan fingerprint density at radius 3 is 1.34 bits per heavy atom. The van der Waals surface area contributed by atoms with Gasteiger partial charge in [0.1, 0.15) is 0 Å². The number of benzene rings is 2. The van der Waals surface area contributed by atoms with Crippen LogP contribution in [-0.4, -0.2) is 7.05 Å². The lowest BCUT2D eigenvalue weighted by molar-refractivity contribution is 0.202. The van der Waals surface area contributed by atoms with Gasteiger partial charge in [-0.05, 0) is 124 Å². The van der Waals surface area contributed by atoms with E-state index in [-0.39, 0.29) is 16.4 Å². The van der Waals surface area contributed by atoms with Gasteiger partial charge in [0.15, 0.2) is 0 Å². The van der Waals surface area contributed by atoms with E-state index in [0.29, 0.717) is 0 Å². The van der Waals surface area contributed by atoms with Crippen molar-refractivity contribution in [1.29, 1.82) is 0 Å². The molecule has 1 aliphatic heterocycles. The van der Waals surface area contributed by atoms with Crippen molar-refractivity contribution in [3.05, 3.63) is 61.2 Å². The summed E-state index contributed by atoms with van der Waals surface area (Å²) in [6, 6.07) is 0. The molecule has 0 amide bonds. The molecule has 0 spiro atoms. The van der Waals surface area contributed by atoms with Gasteiger partial charge in [-0.3, -0.25) is 0 Å². The van der Waals surface area contributed by atoms with E-state index in [1.165, 1.54) is 50.2 Å². The maximum absolute atomic E-state index is 2.64. The van der Waals surface area contributed by atoms with Crippen LogP contribution in [0.25, 0.3) is 0 Å². The van der Waals surface area contributed by atoms with Crippen molar-refractivity contribution in [1.82, 2.24) is 0 Å². The maximum Gasteiger partial charge on any atom is 0.0731 e. The third-order valence-electron chi connectivity index (χ3n) is 10.2.